The molecular formula is C11H12FNO3. The molecule has 2 rings (SSSR count). The predicted octanol–water partition coefficient (Wildman–Crippen LogP) is 2.15. The first kappa shape index (κ1) is 11.0. The summed E-state index contributed by atoms with van der Waals surface area (Å²) in [5, 5.41) is 20.5. The van der Waals surface area contributed by atoms with Crippen molar-refractivity contribution in [2.45, 2.75) is 31.3 Å². The summed E-state index contributed by atoms with van der Waals surface area (Å²) in [7, 11) is 0. The van der Waals surface area contributed by atoms with Crippen LogP contribution in [0.25, 0.3) is 0 Å². The Morgan fingerprint density at radius 3 is 2.62 bits per heavy atom. The molecule has 0 spiro atoms. The van der Waals surface area contributed by atoms with Crippen molar-refractivity contribution in [3.63, 3.8) is 0 Å². The van der Waals surface area contributed by atoms with Gasteiger partial charge in [0.2, 0.25) is 0 Å². The summed E-state index contributed by atoms with van der Waals surface area (Å²) in [5.41, 5.74) is -0.419. The van der Waals surface area contributed by atoms with Crippen LogP contribution in [-0.2, 0) is 5.41 Å². The number of benzene rings is 1. The van der Waals surface area contributed by atoms with E-state index < -0.39 is 22.3 Å². The third kappa shape index (κ3) is 1.57. The normalized spacial score (nSPS) is 19.2. The molecule has 0 aromatic heterocycles. The minimum Gasteiger partial charge on any atom is -0.392 e. The minimum absolute atomic E-state index is 0.111. The lowest BCUT2D eigenvalue weighted by atomic mass is 9.89. The number of hydrogen-bond donors (Lipinski definition) is 1. The zero-order valence-electron chi connectivity index (χ0n) is 8.81. The van der Waals surface area contributed by atoms with Crippen LogP contribution in [0.15, 0.2) is 18.2 Å². The number of rotatable bonds is 3. The second-order valence-electron chi connectivity index (χ2n) is 4.25. The van der Waals surface area contributed by atoms with Gasteiger partial charge in [-0.2, -0.15) is 0 Å². The molecule has 0 aliphatic heterocycles. The summed E-state index contributed by atoms with van der Waals surface area (Å²) in [5.74, 6) is -0.507. The number of nitro benzene ring substituents is 1. The van der Waals surface area contributed by atoms with Gasteiger partial charge in [-0.15, -0.1) is 0 Å². The molecule has 1 saturated carbocycles. The highest BCUT2D eigenvalue weighted by Crippen LogP contribution is 2.53. The molecule has 0 saturated heterocycles. The molecular weight excluding hydrogens is 213 g/mol. The molecule has 4 nitrogen and oxygen atoms in total. The Kier molecular flexibility index (Phi) is 2.42. The Morgan fingerprint density at radius 1 is 1.56 bits per heavy atom. The van der Waals surface area contributed by atoms with Crippen molar-refractivity contribution >= 4 is 5.69 Å². The molecule has 0 radical (unpaired) electrons. The van der Waals surface area contributed by atoms with Crippen molar-refractivity contribution in [3.05, 3.63) is 39.7 Å². The molecule has 1 aromatic rings. The molecule has 86 valence electrons. The van der Waals surface area contributed by atoms with E-state index in [0.717, 1.165) is 18.2 Å². The maximum absolute atomic E-state index is 13.1. The topological polar surface area (TPSA) is 63.4 Å². The van der Waals surface area contributed by atoms with E-state index >= 15 is 0 Å². The molecule has 0 heterocycles. The third-order valence-corrected chi connectivity index (χ3v) is 3.28. The first-order chi connectivity index (χ1) is 7.47. The largest absolute Gasteiger partial charge is 0.392 e. The molecule has 1 aromatic carbocycles. The average Bonchev–Trinajstić information content (AvgIpc) is 2.97. The van der Waals surface area contributed by atoms with Gasteiger partial charge in [-0.1, -0.05) is 0 Å². The van der Waals surface area contributed by atoms with Crippen LogP contribution in [0, 0.1) is 15.9 Å². The molecule has 1 N–H and O–H groups in total. The summed E-state index contributed by atoms with van der Waals surface area (Å²) in [4.78, 5) is 10.3. The van der Waals surface area contributed by atoms with Crippen LogP contribution in [0.4, 0.5) is 10.1 Å². The van der Waals surface area contributed by atoms with Gasteiger partial charge in [-0.3, -0.25) is 10.1 Å². The fraction of sp³-hybridized carbons (Fsp3) is 0.455. The Bertz CT molecular complexity index is 441. The van der Waals surface area contributed by atoms with E-state index in [1.807, 2.05) is 0 Å². The van der Waals surface area contributed by atoms with Crippen LogP contribution >= 0.6 is 0 Å². The minimum atomic E-state index is -0.701. The molecule has 16 heavy (non-hydrogen) atoms. The van der Waals surface area contributed by atoms with Crippen molar-refractivity contribution in [1.29, 1.82) is 0 Å². The monoisotopic (exact) mass is 225 g/mol. The van der Waals surface area contributed by atoms with Gasteiger partial charge in [0.05, 0.1) is 11.0 Å². The highest BCUT2D eigenvalue weighted by molar-refractivity contribution is 5.49. The Hall–Kier alpha value is -1.49. The van der Waals surface area contributed by atoms with E-state index in [0.29, 0.717) is 18.4 Å². The van der Waals surface area contributed by atoms with Crippen molar-refractivity contribution in [1.82, 2.24) is 0 Å². The molecule has 5 heteroatoms. The fourth-order valence-electron chi connectivity index (χ4n) is 2.11. The Morgan fingerprint density at radius 2 is 2.19 bits per heavy atom. The lowest BCUT2D eigenvalue weighted by molar-refractivity contribution is -0.386. The zero-order chi connectivity index (χ0) is 11.9. The standard InChI is InChI=1S/C11H12FNO3/c1-7(14)11(4-5-11)9-6-8(12)2-3-10(9)13(15)16/h2-3,6-7,14H,4-5H2,1H3. The molecule has 1 unspecified atom stereocenters. The molecule has 0 bridgehead atoms. The lowest BCUT2D eigenvalue weighted by Gasteiger charge is -2.18. The van der Waals surface area contributed by atoms with Crippen LogP contribution in [0.3, 0.4) is 0 Å². The number of nitro groups is 1. The van der Waals surface area contributed by atoms with Crippen LogP contribution in [0.2, 0.25) is 0 Å². The van der Waals surface area contributed by atoms with E-state index in [1.54, 1.807) is 6.92 Å². The van der Waals surface area contributed by atoms with Gasteiger partial charge in [0.15, 0.2) is 0 Å². The first-order valence-electron chi connectivity index (χ1n) is 5.10. The van der Waals surface area contributed by atoms with E-state index in [9.17, 15) is 19.6 Å². The fourth-order valence-corrected chi connectivity index (χ4v) is 2.11. The number of hydrogen-bond acceptors (Lipinski definition) is 3. The van der Waals surface area contributed by atoms with Gasteiger partial charge in [-0.25, -0.2) is 4.39 Å². The lowest BCUT2D eigenvalue weighted by Crippen LogP contribution is -2.23. The first-order valence-corrected chi connectivity index (χ1v) is 5.10. The number of aliphatic hydroxyl groups is 1. The zero-order valence-corrected chi connectivity index (χ0v) is 8.81. The van der Waals surface area contributed by atoms with Crippen LogP contribution < -0.4 is 0 Å². The summed E-state index contributed by atoms with van der Waals surface area (Å²) < 4.78 is 13.1. The highest BCUT2D eigenvalue weighted by Gasteiger charge is 2.51. The SMILES string of the molecule is CC(O)C1(c2cc(F)ccc2[N+](=O)[O-])CC1. The maximum atomic E-state index is 13.1. The van der Waals surface area contributed by atoms with Crippen molar-refractivity contribution in [2.75, 3.05) is 0 Å². The summed E-state index contributed by atoms with van der Waals surface area (Å²) in [6, 6.07) is 3.39. The summed E-state index contributed by atoms with van der Waals surface area (Å²) in [6.45, 7) is 1.58. The van der Waals surface area contributed by atoms with Gasteiger partial charge in [-0.05, 0) is 31.9 Å². The molecule has 1 aliphatic carbocycles. The maximum Gasteiger partial charge on any atom is 0.273 e. The van der Waals surface area contributed by atoms with Crippen LogP contribution in [0.1, 0.15) is 25.3 Å². The number of aliphatic hydroxyl groups excluding tert-OH is 1. The Balaban J connectivity index is 2.54. The second kappa shape index (κ2) is 3.52. The van der Waals surface area contributed by atoms with E-state index in [-0.39, 0.29) is 5.69 Å². The van der Waals surface area contributed by atoms with Gasteiger partial charge in [0.25, 0.3) is 5.69 Å². The third-order valence-electron chi connectivity index (χ3n) is 3.28. The molecule has 0 amide bonds. The van der Waals surface area contributed by atoms with Crippen molar-refractivity contribution in [3.8, 4) is 0 Å². The van der Waals surface area contributed by atoms with E-state index in [1.165, 1.54) is 0 Å². The van der Waals surface area contributed by atoms with Gasteiger partial charge in [0.1, 0.15) is 5.82 Å². The van der Waals surface area contributed by atoms with Crippen LogP contribution in [-0.4, -0.2) is 16.1 Å². The van der Waals surface area contributed by atoms with Crippen molar-refractivity contribution < 1.29 is 14.4 Å². The number of halogens is 1. The quantitative estimate of drug-likeness (QED) is 0.633. The van der Waals surface area contributed by atoms with E-state index in [2.05, 4.69) is 0 Å². The van der Waals surface area contributed by atoms with E-state index in [4.69, 9.17) is 0 Å². The number of nitrogens with zero attached hydrogens (tertiary/aromatic N) is 1. The highest BCUT2D eigenvalue weighted by atomic mass is 19.1. The van der Waals surface area contributed by atoms with Gasteiger partial charge >= 0.3 is 0 Å². The van der Waals surface area contributed by atoms with Gasteiger partial charge < -0.3 is 5.11 Å². The molecule has 1 aliphatic rings. The summed E-state index contributed by atoms with van der Waals surface area (Å²) in [6.07, 6.45) is 0.622. The molecule has 1 fully saturated rings. The van der Waals surface area contributed by atoms with Crippen LogP contribution in [0.5, 0.6) is 0 Å². The second-order valence-corrected chi connectivity index (χ2v) is 4.25. The van der Waals surface area contributed by atoms with Crippen molar-refractivity contribution in [2.24, 2.45) is 0 Å². The molecule has 1 atom stereocenters. The summed E-state index contributed by atoms with van der Waals surface area (Å²) >= 11 is 0. The Labute approximate surface area is 91.9 Å². The smallest absolute Gasteiger partial charge is 0.273 e. The van der Waals surface area contributed by atoms with Gasteiger partial charge in [0, 0.05) is 17.0 Å². The predicted molar refractivity (Wildman–Crippen MR) is 55.6 cm³/mol. The average molecular weight is 225 g/mol.